The maximum atomic E-state index is 12.2. The molecule has 6 heteroatoms. The molecule has 1 amide bonds. The van der Waals surface area contributed by atoms with Crippen LogP contribution in [0.2, 0.25) is 0 Å². The molecule has 1 atom stereocenters. The monoisotopic (exact) mass is 294 g/mol. The topological polar surface area (TPSA) is 61.6 Å². The minimum Gasteiger partial charge on any atom is -0.361 e. The summed E-state index contributed by atoms with van der Waals surface area (Å²) in [5.41, 5.74) is 0.776. The molecule has 0 aromatic carbocycles. The number of carbonyl (C=O) groups excluding carboxylic acids is 1. The first kappa shape index (κ1) is 16.0. The summed E-state index contributed by atoms with van der Waals surface area (Å²) in [5, 5.41) is 6.92. The molecule has 0 unspecified atom stereocenters. The van der Waals surface area contributed by atoms with Gasteiger partial charge >= 0.3 is 0 Å². The fourth-order valence-electron chi connectivity index (χ4n) is 2.38. The van der Waals surface area contributed by atoms with E-state index >= 15 is 0 Å². The van der Waals surface area contributed by atoms with Gasteiger partial charge in [-0.05, 0) is 14.0 Å². The first-order valence-electron chi connectivity index (χ1n) is 7.63. The molecule has 0 bridgehead atoms. The molecule has 1 fully saturated rings. The van der Waals surface area contributed by atoms with E-state index < -0.39 is 0 Å². The number of amides is 1. The van der Waals surface area contributed by atoms with Crippen molar-refractivity contribution < 1.29 is 9.32 Å². The van der Waals surface area contributed by atoms with Gasteiger partial charge in [-0.15, -0.1) is 0 Å². The van der Waals surface area contributed by atoms with Crippen LogP contribution >= 0.6 is 0 Å². The highest BCUT2D eigenvalue weighted by atomic mass is 16.5. The molecule has 1 N–H and O–H groups in total. The van der Waals surface area contributed by atoms with Gasteiger partial charge < -0.3 is 14.7 Å². The van der Waals surface area contributed by atoms with Crippen LogP contribution in [-0.2, 0) is 11.3 Å². The summed E-state index contributed by atoms with van der Waals surface area (Å²) in [6.07, 6.45) is 0. The Bertz CT molecular complexity index is 464. The van der Waals surface area contributed by atoms with Gasteiger partial charge in [0.25, 0.3) is 0 Å². The predicted octanol–water partition coefficient (Wildman–Crippen LogP) is 1.05. The summed E-state index contributed by atoms with van der Waals surface area (Å²) in [6, 6.07) is 1.81. The van der Waals surface area contributed by atoms with Crippen LogP contribution in [0, 0.1) is 0 Å². The summed E-state index contributed by atoms with van der Waals surface area (Å²) in [7, 11) is 2.11. The molecule has 6 nitrogen and oxygen atoms in total. The van der Waals surface area contributed by atoms with Gasteiger partial charge in [0.15, 0.2) is 0 Å². The highest BCUT2D eigenvalue weighted by Gasteiger charge is 2.24. The van der Waals surface area contributed by atoms with Crippen LogP contribution in [0.5, 0.6) is 0 Å². The van der Waals surface area contributed by atoms with Crippen LogP contribution in [-0.4, -0.2) is 60.1 Å². The second-order valence-corrected chi connectivity index (χ2v) is 6.11. The Kier molecular flexibility index (Phi) is 5.36. The van der Waals surface area contributed by atoms with Gasteiger partial charge in [-0.1, -0.05) is 19.0 Å². The molecule has 1 aromatic heterocycles. The Morgan fingerprint density at radius 1 is 1.33 bits per heavy atom. The van der Waals surface area contributed by atoms with Crippen molar-refractivity contribution in [1.82, 2.24) is 20.3 Å². The lowest BCUT2D eigenvalue weighted by molar-refractivity contribution is -0.126. The smallest absolute Gasteiger partial charge is 0.237 e. The third-order valence-corrected chi connectivity index (χ3v) is 4.05. The molecule has 0 saturated carbocycles. The SMILES string of the molecule is CC(C)c1cc(CNC(=O)[C@@H](C)N2CCN(C)CC2)no1. The second-order valence-electron chi connectivity index (χ2n) is 6.11. The third kappa shape index (κ3) is 4.28. The zero-order valence-corrected chi connectivity index (χ0v) is 13.4. The van der Waals surface area contributed by atoms with E-state index in [1.165, 1.54) is 0 Å². The Morgan fingerprint density at radius 2 is 2.00 bits per heavy atom. The average molecular weight is 294 g/mol. The van der Waals surface area contributed by atoms with Crippen LogP contribution in [0.15, 0.2) is 10.6 Å². The summed E-state index contributed by atoms with van der Waals surface area (Å²) in [4.78, 5) is 16.7. The van der Waals surface area contributed by atoms with Crippen molar-refractivity contribution in [2.75, 3.05) is 33.2 Å². The first-order valence-corrected chi connectivity index (χ1v) is 7.63. The number of hydrogen-bond donors (Lipinski definition) is 1. The van der Waals surface area contributed by atoms with Gasteiger partial charge in [0, 0.05) is 38.2 Å². The fraction of sp³-hybridized carbons (Fsp3) is 0.733. The van der Waals surface area contributed by atoms with Gasteiger partial charge in [-0.25, -0.2) is 0 Å². The number of carbonyl (C=O) groups is 1. The molecule has 0 radical (unpaired) electrons. The summed E-state index contributed by atoms with van der Waals surface area (Å²) in [5.74, 6) is 1.21. The number of likely N-dealkylation sites (N-methyl/N-ethyl adjacent to an activating group) is 1. The van der Waals surface area contributed by atoms with E-state index in [4.69, 9.17) is 4.52 Å². The quantitative estimate of drug-likeness (QED) is 0.879. The van der Waals surface area contributed by atoms with Gasteiger partial charge in [0.1, 0.15) is 11.5 Å². The van der Waals surface area contributed by atoms with Crippen molar-refractivity contribution in [2.24, 2.45) is 0 Å². The Morgan fingerprint density at radius 3 is 2.57 bits per heavy atom. The first-order chi connectivity index (χ1) is 9.97. The summed E-state index contributed by atoms with van der Waals surface area (Å²) < 4.78 is 5.23. The number of nitrogens with zero attached hydrogens (tertiary/aromatic N) is 3. The van der Waals surface area contributed by atoms with Gasteiger partial charge in [-0.3, -0.25) is 9.69 Å². The van der Waals surface area contributed by atoms with Crippen LogP contribution in [0.3, 0.4) is 0 Å². The second kappa shape index (κ2) is 7.04. The minimum absolute atomic E-state index is 0.0497. The van der Waals surface area contributed by atoms with E-state index in [-0.39, 0.29) is 11.9 Å². The van der Waals surface area contributed by atoms with Gasteiger partial charge in [-0.2, -0.15) is 0 Å². The molecule has 2 rings (SSSR count). The maximum Gasteiger partial charge on any atom is 0.237 e. The van der Waals surface area contributed by atoms with Crippen LogP contribution in [0.4, 0.5) is 0 Å². The Labute approximate surface area is 126 Å². The van der Waals surface area contributed by atoms with Gasteiger partial charge in [0.2, 0.25) is 5.91 Å². The lowest BCUT2D eigenvalue weighted by Gasteiger charge is -2.35. The molecule has 21 heavy (non-hydrogen) atoms. The minimum atomic E-state index is -0.102. The maximum absolute atomic E-state index is 12.2. The molecule has 2 heterocycles. The van der Waals surface area contributed by atoms with E-state index in [0.29, 0.717) is 12.5 Å². The highest BCUT2D eigenvalue weighted by Crippen LogP contribution is 2.14. The summed E-state index contributed by atoms with van der Waals surface area (Å²) >= 11 is 0. The van der Waals surface area contributed by atoms with E-state index in [1.807, 2.05) is 13.0 Å². The Balaban J connectivity index is 1.80. The third-order valence-electron chi connectivity index (χ3n) is 4.05. The van der Waals surface area contributed by atoms with Gasteiger partial charge in [0.05, 0.1) is 12.6 Å². The number of aromatic nitrogens is 1. The zero-order valence-electron chi connectivity index (χ0n) is 13.4. The van der Waals surface area contributed by atoms with E-state index in [9.17, 15) is 4.79 Å². The number of nitrogens with one attached hydrogen (secondary N) is 1. The molecule has 118 valence electrons. The predicted molar refractivity (Wildman–Crippen MR) is 81.0 cm³/mol. The largest absolute Gasteiger partial charge is 0.361 e. The van der Waals surface area contributed by atoms with Crippen LogP contribution in [0.25, 0.3) is 0 Å². The average Bonchev–Trinajstić information content (AvgIpc) is 2.94. The Hall–Kier alpha value is -1.40. The van der Waals surface area contributed by atoms with Crippen LogP contribution in [0.1, 0.15) is 38.1 Å². The number of piperazine rings is 1. The fourth-order valence-corrected chi connectivity index (χ4v) is 2.38. The standard InChI is InChI=1S/C15H26N4O2/c1-11(2)14-9-13(17-21-14)10-16-15(20)12(3)19-7-5-18(4)6-8-19/h9,11-12H,5-8,10H2,1-4H3,(H,16,20)/t12-/m1/s1. The zero-order chi connectivity index (χ0) is 15.4. The highest BCUT2D eigenvalue weighted by molar-refractivity contribution is 5.81. The van der Waals surface area contributed by atoms with Crippen molar-refractivity contribution in [2.45, 2.75) is 39.3 Å². The van der Waals surface area contributed by atoms with Crippen molar-refractivity contribution in [1.29, 1.82) is 0 Å². The lowest BCUT2D eigenvalue weighted by atomic mass is 10.1. The molecule has 1 aliphatic rings. The van der Waals surface area contributed by atoms with E-state index in [2.05, 4.69) is 41.2 Å². The molecular formula is C15H26N4O2. The van der Waals surface area contributed by atoms with E-state index in [0.717, 1.165) is 37.6 Å². The molecule has 0 spiro atoms. The van der Waals surface area contributed by atoms with Crippen molar-refractivity contribution in [3.63, 3.8) is 0 Å². The molecule has 1 aliphatic heterocycles. The molecule has 1 saturated heterocycles. The van der Waals surface area contributed by atoms with Crippen molar-refractivity contribution in [3.8, 4) is 0 Å². The van der Waals surface area contributed by atoms with Crippen molar-refractivity contribution >= 4 is 5.91 Å². The van der Waals surface area contributed by atoms with E-state index in [1.54, 1.807) is 0 Å². The normalized spacial score (nSPS) is 18.9. The number of hydrogen-bond acceptors (Lipinski definition) is 5. The molecule has 0 aliphatic carbocycles. The molecular weight excluding hydrogens is 268 g/mol. The van der Waals surface area contributed by atoms with Crippen molar-refractivity contribution in [3.05, 3.63) is 17.5 Å². The lowest BCUT2D eigenvalue weighted by Crippen LogP contribution is -2.52. The number of rotatable bonds is 5. The molecule has 1 aromatic rings. The van der Waals surface area contributed by atoms with Crippen LogP contribution < -0.4 is 5.32 Å². The summed E-state index contributed by atoms with van der Waals surface area (Å²) in [6.45, 7) is 10.4.